The maximum atomic E-state index is 13.6. The Morgan fingerprint density at radius 2 is 1.43 bits per heavy atom. The number of para-hydroxylation sites is 2. The van der Waals surface area contributed by atoms with E-state index in [2.05, 4.69) is 16.0 Å². The lowest BCUT2D eigenvalue weighted by atomic mass is 9.86. The number of ether oxygens (including phenoxy) is 1. The van der Waals surface area contributed by atoms with Crippen molar-refractivity contribution >= 4 is 11.7 Å². The Morgan fingerprint density at radius 1 is 0.821 bits per heavy atom. The van der Waals surface area contributed by atoms with Crippen molar-refractivity contribution in [3.05, 3.63) is 84.1 Å². The number of anilines is 1. The number of aromatic amines is 1. The maximum absolute atomic E-state index is 13.6. The van der Waals surface area contributed by atoms with Crippen LogP contribution in [0.15, 0.2) is 72.9 Å². The SMILES string of the molecule is O=C(C1c2ccccc2Oc2ccccc21)N1CCN(c2cccc[nH+]2)CC1. The molecule has 0 bridgehead atoms. The van der Waals surface area contributed by atoms with E-state index in [1.807, 2.05) is 71.8 Å². The number of aromatic nitrogens is 1. The number of nitrogens with zero attached hydrogens (tertiary/aromatic N) is 2. The molecule has 3 heterocycles. The van der Waals surface area contributed by atoms with Crippen molar-refractivity contribution in [1.29, 1.82) is 0 Å². The Kier molecular flexibility index (Phi) is 4.20. The van der Waals surface area contributed by atoms with Crippen LogP contribution in [0.5, 0.6) is 11.5 Å². The van der Waals surface area contributed by atoms with Gasteiger partial charge in [-0.3, -0.25) is 9.69 Å². The van der Waals surface area contributed by atoms with Crippen LogP contribution in [0, 0.1) is 0 Å². The summed E-state index contributed by atoms with van der Waals surface area (Å²) in [5.41, 5.74) is 1.90. The molecule has 5 rings (SSSR count). The molecule has 0 atom stereocenters. The highest BCUT2D eigenvalue weighted by molar-refractivity contribution is 5.90. The summed E-state index contributed by atoms with van der Waals surface area (Å²) in [6.45, 7) is 3.06. The van der Waals surface area contributed by atoms with Crippen LogP contribution in [0.25, 0.3) is 0 Å². The van der Waals surface area contributed by atoms with E-state index in [1.54, 1.807) is 0 Å². The van der Waals surface area contributed by atoms with Crippen LogP contribution < -0.4 is 14.6 Å². The molecule has 0 radical (unpaired) electrons. The summed E-state index contributed by atoms with van der Waals surface area (Å²) in [6.07, 6.45) is 1.93. The fourth-order valence-corrected chi connectivity index (χ4v) is 4.11. The predicted octanol–water partition coefficient (Wildman–Crippen LogP) is 3.09. The molecular formula is C23H22N3O2+. The number of fused-ring (bicyclic) bond motifs is 2. The summed E-state index contributed by atoms with van der Waals surface area (Å²) in [4.78, 5) is 21.1. The second-order valence-electron chi connectivity index (χ2n) is 7.17. The monoisotopic (exact) mass is 372 g/mol. The van der Waals surface area contributed by atoms with E-state index in [-0.39, 0.29) is 11.8 Å². The first kappa shape index (κ1) is 16.8. The number of hydrogen-bond donors (Lipinski definition) is 0. The minimum absolute atomic E-state index is 0.153. The molecule has 5 nitrogen and oxygen atoms in total. The Labute approximate surface area is 164 Å². The van der Waals surface area contributed by atoms with Crippen molar-refractivity contribution in [1.82, 2.24) is 4.90 Å². The van der Waals surface area contributed by atoms with Crippen LogP contribution in [0.2, 0.25) is 0 Å². The van der Waals surface area contributed by atoms with Gasteiger partial charge in [-0.1, -0.05) is 42.5 Å². The highest BCUT2D eigenvalue weighted by atomic mass is 16.5. The van der Waals surface area contributed by atoms with Gasteiger partial charge >= 0.3 is 0 Å². The van der Waals surface area contributed by atoms with Gasteiger partial charge in [0.2, 0.25) is 5.91 Å². The smallest absolute Gasteiger partial charge is 0.274 e. The molecule has 0 unspecified atom stereocenters. The van der Waals surface area contributed by atoms with Crippen LogP contribution >= 0.6 is 0 Å². The van der Waals surface area contributed by atoms with Gasteiger partial charge in [0.05, 0.1) is 25.2 Å². The van der Waals surface area contributed by atoms with E-state index in [0.29, 0.717) is 13.1 Å². The Morgan fingerprint density at radius 3 is 2.04 bits per heavy atom. The fourth-order valence-electron chi connectivity index (χ4n) is 4.11. The van der Waals surface area contributed by atoms with Gasteiger partial charge in [-0.05, 0) is 18.2 Å². The molecule has 28 heavy (non-hydrogen) atoms. The van der Waals surface area contributed by atoms with Gasteiger partial charge < -0.3 is 9.64 Å². The molecule has 0 spiro atoms. The molecule has 1 amide bonds. The second kappa shape index (κ2) is 7.00. The zero-order chi connectivity index (χ0) is 18.9. The third-order valence-corrected chi connectivity index (χ3v) is 5.55. The lowest BCUT2D eigenvalue weighted by Crippen LogP contribution is -2.51. The van der Waals surface area contributed by atoms with Gasteiger partial charge in [0.25, 0.3) is 5.82 Å². The first-order valence-electron chi connectivity index (χ1n) is 9.67. The number of benzene rings is 2. The van der Waals surface area contributed by atoms with Gasteiger partial charge in [0.15, 0.2) is 0 Å². The topological polar surface area (TPSA) is 46.9 Å². The molecular weight excluding hydrogens is 350 g/mol. The highest BCUT2D eigenvalue weighted by Crippen LogP contribution is 2.44. The van der Waals surface area contributed by atoms with Gasteiger partial charge in [-0.15, -0.1) is 0 Å². The molecule has 0 saturated carbocycles. The number of amides is 1. The first-order chi connectivity index (χ1) is 13.8. The van der Waals surface area contributed by atoms with Crippen LogP contribution in [-0.2, 0) is 4.79 Å². The standard InChI is InChI=1S/C23H21N3O2/c27-23(26-15-13-25(14-16-26)21-11-5-6-12-24-21)22-17-7-1-3-9-19(17)28-20-10-4-2-8-18(20)22/h1-12,22H,13-16H2/p+1. The number of nitrogens with one attached hydrogen (secondary N) is 1. The van der Waals surface area contributed by atoms with Crippen molar-refractivity contribution < 1.29 is 14.5 Å². The van der Waals surface area contributed by atoms with Gasteiger partial charge in [-0.25, -0.2) is 4.98 Å². The summed E-state index contributed by atoms with van der Waals surface area (Å²) >= 11 is 0. The van der Waals surface area contributed by atoms with Crippen molar-refractivity contribution in [2.24, 2.45) is 0 Å². The number of piperazine rings is 1. The number of pyridine rings is 1. The van der Waals surface area contributed by atoms with Crippen molar-refractivity contribution in [2.75, 3.05) is 31.1 Å². The molecule has 1 fully saturated rings. The molecule has 1 aromatic heterocycles. The molecule has 2 aromatic carbocycles. The minimum atomic E-state index is -0.309. The van der Waals surface area contributed by atoms with Gasteiger partial charge in [0, 0.05) is 17.2 Å². The first-order valence-corrected chi connectivity index (χ1v) is 9.67. The highest BCUT2D eigenvalue weighted by Gasteiger charge is 2.37. The normalized spacial score (nSPS) is 16.1. The molecule has 3 aromatic rings. The summed E-state index contributed by atoms with van der Waals surface area (Å²) in [7, 11) is 0. The number of hydrogen-bond acceptors (Lipinski definition) is 3. The molecule has 140 valence electrons. The lowest BCUT2D eigenvalue weighted by Gasteiger charge is -2.35. The van der Waals surface area contributed by atoms with Crippen LogP contribution in [-0.4, -0.2) is 37.0 Å². The maximum Gasteiger partial charge on any atom is 0.274 e. The van der Waals surface area contributed by atoms with E-state index >= 15 is 0 Å². The fraction of sp³-hybridized carbons (Fsp3) is 0.217. The summed E-state index contributed by atoms with van der Waals surface area (Å²) < 4.78 is 6.04. The number of H-pyrrole nitrogens is 1. The molecule has 2 aliphatic heterocycles. The van der Waals surface area contributed by atoms with E-state index < -0.39 is 0 Å². The van der Waals surface area contributed by atoms with E-state index in [1.165, 1.54) is 0 Å². The van der Waals surface area contributed by atoms with Crippen molar-refractivity contribution in [2.45, 2.75) is 5.92 Å². The summed E-state index contributed by atoms with van der Waals surface area (Å²) in [5, 5.41) is 0. The van der Waals surface area contributed by atoms with Crippen LogP contribution in [0.4, 0.5) is 5.82 Å². The Balaban J connectivity index is 1.40. The molecule has 0 aliphatic carbocycles. The average Bonchev–Trinajstić information content (AvgIpc) is 2.77. The van der Waals surface area contributed by atoms with Crippen LogP contribution in [0.1, 0.15) is 17.0 Å². The van der Waals surface area contributed by atoms with Crippen molar-refractivity contribution in [3.8, 4) is 11.5 Å². The molecule has 1 N–H and O–H groups in total. The Hall–Kier alpha value is -3.34. The lowest BCUT2D eigenvalue weighted by molar-refractivity contribution is -0.364. The Bertz CT molecular complexity index is 952. The summed E-state index contributed by atoms with van der Waals surface area (Å²) in [6, 6.07) is 21.8. The third-order valence-electron chi connectivity index (χ3n) is 5.55. The molecule has 5 heteroatoms. The van der Waals surface area contributed by atoms with Gasteiger partial charge in [-0.2, -0.15) is 0 Å². The largest absolute Gasteiger partial charge is 0.457 e. The predicted molar refractivity (Wildman–Crippen MR) is 107 cm³/mol. The molecule has 2 aliphatic rings. The third kappa shape index (κ3) is 2.89. The zero-order valence-electron chi connectivity index (χ0n) is 15.5. The number of carbonyl (C=O) groups excluding carboxylic acids is 1. The number of carbonyl (C=O) groups is 1. The van der Waals surface area contributed by atoms with E-state index in [4.69, 9.17) is 4.74 Å². The van der Waals surface area contributed by atoms with Crippen LogP contribution in [0.3, 0.4) is 0 Å². The summed E-state index contributed by atoms with van der Waals surface area (Å²) in [5.74, 6) is 2.49. The zero-order valence-corrected chi connectivity index (χ0v) is 15.5. The molecule has 1 saturated heterocycles. The van der Waals surface area contributed by atoms with E-state index in [0.717, 1.165) is 41.5 Å². The van der Waals surface area contributed by atoms with E-state index in [9.17, 15) is 4.79 Å². The number of rotatable bonds is 2. The quantitative estimate of drug-likeness (QED) is 0.695. The average molecular weight is 372 g/mol. The van der Waals surface area contributed by atoms with Crippen molar-refractivity contribution in [3.63, 3.8) is 0 Å². The van der Waals surface area contributed by atoms with Gasteiger partial charge in [0.1, 0.15) is 24.6 Å². The second-order valence-corrected chi connectivity index (χ2v) is 7.17. The minimum Gasteiger partial charge on any atom is -0.457 e.